The fourth-order valence-electron chi connectivity index (χ4n) is 1.70. The molecule has 0 fully saturated rings. The zero-order valence-electron chi connectivity index (χ0n) is 9.65. The molecule has 0 N–H and O–H groups in total. The zero-order valence-corrected chi connectivity index (χ0v) is 9.65. The van der Waals surface area contributed by atoms with E-state index in [1.807, 2.05) is 36.5 Å². The van der Waals surface area contributed by atoms with E-state index in [1.165, 1.54) is 4.68 Å². The van der Waals surface area contributed by atoms with Crippen LogP contribution in [0.4, 0.5) is 0 Å². The van der Waals surface area contributed by atoms with Crippen LogP contribution in [0.5, 0.6) is 5.95 Å². The summed E-state index contributed by atoms with van der Waals surface area (Å²) in [5.74, 6) is -0.425. The monoisotopic (exact) mass is 242 g/mol. The average molecular weight is 242 g/mol. The molecule has 0 radical (unpaired) electrons. The van der Waals surface area contributed by atoms with Gasteiger partial charge in [-0.05, 0) is 22.9 Å². The largest absolute Gasteiger partial charge is 0.539 e. The number of nitrogens with zero attached hydrogens (tertiary/aromatic N) is 4. The molecule has 0 aliphatic carbocycles. The van der Waals surface area contributed by atoms with Gasteiger partial charge in [0, 0.05) is 31.5 Å². The Morgan fingerprint density at radius 1 is 1.28 bits per heavy atom. The summed E-state index contributed by atoms with van der Waals surface area (Å²) in [5.41, 5.74) is 2.16. The molecule has 6 nitrogen and oxygen atoms in total. The Balaban J connectivity index is 1.99. The molecule has 2 heterocycles. The Bertz CT molecular complexity index is 656. The van der Waals surface area contributed by atoms with Gasteiger partial charge in [0.05, 0.1) is 11.0 Å². The molecule has 0 aliphatic heterocycles. The van der Waals surface area contributed by atoms with E-state index in [4.69, 9.17) is 0 Å². The number of aromatic nitrogens is 4. The minimum Gasteiger partial charge on any atom is -0.539 e. The van der Waals surface area contributed by atoms with Crippen LogP contribution in [-0.4, -0.2) is 15.1 Å². The standard InChI is InChI=1S/C12H10N4O2/c1-9-12(17)18-14-16(9)11-5-3-10(4-6-11)15-8-2-7-13-15/h2-8H,1H3. The van der Waals surface area contributed by atoms with E-state index in [0.29, 0.717) is 5.69 Å². The smallest absolute Gasteiger partial charge is 0.239 e. The lowest BCUT2D eigenvalue weighted by molar-refractivity contribution is -0.676. The van der Waals surface area contributed by atoms with Gasteiger partial charge in [-0.25, -0.2) is 4.68 Å². The van der Waals surface area contributed by atoms with E-state index in [9.17, 15) is 5.11 Å². The molecule has 0 aliphatic rings. The molecule has 90 valence electrons. The van der Waals surface area contributed by atoms with Crippen LogP contribution < -0.4 is 9.79 Å². The Morgan fingerprint density at radius 3 is 2.61 bits per heavy atom. The maximum Gasteiger partial charge on any atom is 0.239 e. The predicted octanol–water partition coefficient (Wildman–Crippen LogP) is 0.519. The van der Waals surface area contributed by atoms with Crippen LogP contribution in [-0.2, 0) is 0 Å². The fourth-order valence-corrected chi connectivity index (χ4v) is 1.70. The Kier molecular flexibility index (Phi) is 2.33. The van der Waals surface area contributed by atoms with Crippen molar-refractivity contribution in [2.24, 2.45) is 0 Å². The van der Waals surface area contributed by atoms with Crippen molar-refractivity contribution in [1.29, 1.82) is 0 Å². The lowest BCUT2D eigenvalue weighted by atomic mass is 10.3. The van der Waals surface area contributed by atoms with Crippen molar-refractivity contribution in [3.05, 3.63) is 48.4 Å². The van der Waals surface area contributed by atoms with E-state index in [1.54, 1.807) is 17.8 Å². The first-order valence-corrected chi connectivity index (χ1v) is 5.42. The van der Waals surface area contributed by atoms with Crippen LogP contribution in [0.1, 0.15) is 5.69 Å². The fraction of sp³-hybridized carbons (Fsp3) is 0.0833. The maximum atomic E-state index is 11.2. The molecule has 6 heteroatoms. The van der Waals surface area contributed by atoms with Crippen molar-refractivity contribution in [2.75, 3.05) is 0 Å². The van der Waals surface area contributed by atoms with Gasteiger partial charge in [0.2, 0.25) is 11.4 Å². The molecule has 3 rings (SSSR count). The zero-order chi connectivity index (χ0) is 12.5. The minimum absolute atomic E-state index is 0.425. The summed E-state index contributed by atoms with van der Waals surface area (Å²) in [5, 5.41) is 19.0. The van der Waals surface area contributed by atoms with Gasteiger partial charge < -0.3 is 9.63 Å². The summed E-state index contributed by atoms with van der Waals surface area (Å²) in [7, 11) is 0. The third-order valence-electron chi connectivity index (χ3n) is 2.68. The summed E-state index contributed by atoms with van der Waals surface area (Å²) in [6.45, 7) is 1.67. The van der Waals surface area contributed by atoms with Crippen LogP contribution in [0.15, 0.2) is 47.2 Å². The highest BCUT2D eigenvalue weighted by Crippen LogP contribution is 2.11. The highest BCUT2D eigenvalue weighted by atomic mass is 16.6. The van der Waals surface area contributed by atoms with E-state index in [2.05, 4.69) is 14.9 Å². The third kappa shape index (κ3) is 1.64. The Morgan fingerprint density at radius 2 is 2.06 bits per heavy atom. The first kappa shape index (κ1) is 10.5. The van der Waals surface area contributed by atoms with Crippen molar-refractivity contribution in [2.45, 2.75) is 6.92 Å². The van der Waals surface area contributed by atoms with Crippen molar-refractivity contribution in [3.8, 4) is 17.3 Å². The van der Waals surface area contributed by atoms with E-state index >= 15 is 0 Å². The van der Waals surface area contributed by atoms with Crippen LogP contribution in [0.25, 0.3) is 11.4 Å². The van der Waals surface area contributed by atoms with Crippen molar-refractivity contribution < 1.29 is 14.3 Å². The van der Waals surface area contributed by atoms with Gasteiger partial charge in [-0.2, -0.15) is 5.10 Å². The molecule has 1 aromatic carbocycles. The minimum atomic E-state index is -0.425. The summed E-state index contributed by atoms with van der Waals surface area (Å²) in [6.07, 6.45) is 3.58. The molecule has 2 aromatic heterocycles. The van der Waals surface area contributed by atoms with Crippen LogP contribution in [0, 0.1) is 6.92 Å². The Labute approximate surface area is 103 Å². The third-order valence-corrected chi connectivity index (χ3v) is 2.68. The maximum absolute atomic E-state index is 11.2. The van der Waals surface area contributed by atoms with Gasteiger partial charge in [0.15, 0.2) is 5.95 Å². The van der Waals surface area contributed by atoms with Gasteiger partial charge in [-0.15, -0.1) is 0 Å². The SMILES string of the molecule is Cc1c([O-])on[n+]1-c1ccc(-n2cccn2)cc1. The topological polar surface area (TPSA) is 70.8 Å². The first-order valence-electron chi connectivity index (χ1n) is 5.42. The van der Waals surface area contributed by atoms with Crippen molar-refractivity contribution in [3.63, 3.8) is 0 Å². The quantitative estimate of drug-likeness (QED) is 0.614. The number of rotatable bonds is 2. The van der Waals surface area contributed by atoms with Crippen LogP contribution in [0.2, 0.25) is 0 Å². The van der Waals surface area contributed by atoms with E-state index in [-0.39, 0.29) is 0 Å². The number of benzene rings is 1. The molecule has 0 saturated carbocycles. The summed E-state index contributed by atoms with van der Waals surface area (Å²) in [6, 6.07) is 9.36. The first-order chi connectivity index (χ1) is 8.75. The van der Waals surface area contributed by atoms with Crippen molar-refractivity contribution in [1.82, 2.24) is 15.1 Å². The normalized spacial score (nSPS) is 10.7. The van der Waals surface area contributed by atoms with Gasteiger partial charge >= 0.3 is 0 Å². The molecular weight excluding hydrogens is 232 g/mol. The summed E-state index contributed by atoms with van der Waals surface area (Å²) in [4.78, 5) is 0. The second kappa shape index (κ2) is 3.99. The summed E-state index contributed by atoms with van der Waals surface area (Å²) < 4.78 is 7.81. The second-order valence-electron chi connectivity index (χ2n) is 3.82. The second-order valence-corrected chi connectivity index (χ2v) is 3.82. The molecule has 18 heavy (non-hydrogen) atoms. The average Bonchev–Trinajstić information content (AvgIpc) is 3.02. The van der Waals surface area contributed by atoms with Crippen LogP contribution >= 0.6 is 0 Å². The highest BCUT2D eigenvalue weighted by molar-refractivity contribution is 5.36. The number of hydrogen-bond acceptors (Lipinski definition) is 4. The molecule has 0 amide bonds. The van der Waals surface area contributed by atoms with Gasteiger partial charge in [-0.1, -0.05) is 0 Å². The van der Waals surface area contributed by atoms with E-state index in [0.717, 1.165) is 11.4 Å². The van der Waals surface area contributed by atoms with Gasteiger partial charge in [0.25, 0.3) is 0 Å². The van der Waals surface area contributed by atoms with Crippen molar-refractivity contribution >= 4 is 0 Å². The summed E-state index contributed by atoms with van der Waals surface area (Å²) >= 11 is 0. The molecular formula is C12H10N4O2. The molecule has 0 spiro atoms. The highest BCUT2D eigenvalue weighted by Gasteiger charge is 2.15. The van der Waals surface area contributed by atoms with E-state index < -0.39 is 5.95 Å². The molecule has 3 aromatic rings. The lowest BCUT2D eigenvalue weighted by Gasteiger charge is -1.99. The lowest BCUT2D eigenvalue weighted by Crippen LogP contribution is -2.35. The molecule has 0 saturated heterocycles. The molecule has 0 bridgehead atoms. The molecule has 0 unspecified atom stereocenters. The molecule has 0 atom stereocenters. The van der Waals surface area contributed by atoms with Gasteiger partial charge in [0.1, 0.15) is 0 Å². The Hall–Kier alpha value is -2.63. The van der Waals surface area contributed by atoms with Crippen LogP contribution in [0.3, 0.4) is 0 Å². The predicted molar refractivity (Wildman–Crippen MR) is 59.3 cm³/mol. The number of hydrogen-bond donors (Lipinski definition) is 0. The van der Waals surface area contributed by atoms with Gasteiger partial charge in [-0.3, -0.25) is 0 Å².